The predicted octanol–water partition coefficient (Wildman–Crippen LogP) is 5.48. The van der Waals surface area contributed by atoms with E-state index in [-0.39, 0.29) is 17.3 Å². The van der Waals surface area contributed by atoms with Crippen LogP contribution in [0.25, 0.3) is 0 Å². The van der Waals surface area contributed by atoms with E-state index in [1.54, 1.807) is 6.92 Å². The summed E-state index contributed by atoms with van der Waals surface area (Å²) < 4.78 is 0. The zero-order valence-corrected chi connectivity index (χ0v) is 15.5. The third kappa shape index (κ3) is 9.88. The number of carboxylic acid groups (broad SMARTS) is 1. The lowest BCUT2D eigenvalue weighted by molar-refractivity contribution is -0.134. The fraction of sp³-hybridized carbons (Fsp3) is 0.600. The molecule has 0 bridgehead atoms. The lowest BCUT2D eigenvalue weighted by Crippen LogP contribution is -2.17. The summed E-state index contributed by atoms with van der Waals surface area (Å²) in [4.78, 5) is 23.8. The van der Waals surface area contributed by atoms with Gasteiger partial charge in [-0.1, -0.05) is 35.8 Å². The van der Waals surface area contributed by atoms with E-state index >= 15 is 0 Å². The van der Waals surface area contributed by atoms with Crippen molar-refractivity contribution in [3.05, 3.63) is 34.4 Å². The maximum absolute atomic E-state index is 12.4. The van der Waals surface area contributed by atoms with Gasteiger partial charge in [0.05, 0.1) is 0 Å². The Labute approximate surface area is 141 Å². The first-order valence-corrected chi connectivity index (χ1v) is 8.38. The van der Waals surface area contributed by atoms with Gasteiger partial charge in [-0.05, 0) is 66.2 Å². The molecule has 3 nitrogen and oxygen atoms in total. The van der Waals surface area contributed by atoms with Gasteiger partial charge in [0.2, 0.25) is 0 Å². The van der Waals surface area contributed by atoms with Crippen molar-refractivity contribution in [3.8, 4) is 0 Å². The van der Waals surface area contributed by atoms with Crippen molar-refractivity contribution >= 4 is 11.8 Å². The van der Waals surface area contributed by atoms with E-state index in [9.17, 15) is 14.7 Å². The molecule has 0 aliphatic heterocycles. The number of aliphatic carboxylic acids is 1. The first kappa shape index (κ1) is 21.4. The molecule has 0 aromatic carbocycles. The van der Waals surface area contributed by atoms with Crippen molar-refractivity contribution in [3.63, 3.8) is 0 Å². The summed E-state index contributed by atoms with van der Waals surface area (Å²) in [5, 5.41) is 9.38. The van der Waals surface area contributed by atoms with Gasteiger partial charge < -0.3 is 5.11 Å². The molecule has 0 amide bonds. The van der Waals surface area contributed by atoms with Crippen LogP contribution in [0.2, 0.25) is 0 Å². The third-order valence-electron chi connectivity index (χ3n) is 3.74. The van der Waals surface area contributed by atoms with Crippen molar-refractivity contribution in [2.45, 2.75) is 73.6 Å². The van der Waals surface area contributed by atoms with E-state index in [2.05, 4.69) is 26.0 Å². The third-order valence-corrected chi connectivity index (χ3v) is 3.74. The average Bonchev–Trinajstić information content (AvgIpc) is 2.36. The molecule has 1 unspecified atom stereocenters. The Morgan fingerprint density at radius 2 is 1.48 bits per heavy atom. The maximum atomic E-state index is 12.4. The van der Waals surface area contributed by atoms with E-state index in [4.69, 9.17) is 0 Å². The first-order chi connectivity index (χ1) is 10.6. The Morgan fingerprint density at radius 1 is 0.957 bits per heavy atom. The molecule has 0 aliphatic carbocycles. The summed E-state index contributed by atoms with van der Waals surface area (Å²) in [7, 11) is 0. The Balaban J connectivity index is 4.82. The molecular formula is C20H32O3. The highest BCUT2D eigenvalue weighted by Gasteiger charge is 2.21. The number of allylic oxidation sites excluding steroid dienone is 5. The standard InChI is InChI=1S/C20H32O3/c1-14(2)9-7-11-16(5)13-18(21)19(20(22)23)17(6)12-8-10-15(3)4/h9-10,16H,7-8,11-13H2,1-6H3,(H,22,23)/b19-17+. The number of ketones is 1. The van der Waals surface area contributed by atoms with Crippen LogP contribution in [0.15, 0.2) is 34.4 Å². The van der Waals surface area contributed by atoms with Gasteiger partial charge in [-0.15, -0.1) is 0 Å². The molecule has 0 saturated heterocycles. The Bertz CT molecular complexity index is 499. The van der Waals surface area contributed by atoms with Gasteiger partial charge in [0.25, 0.3) is 0 Å². The number of hydrogen-bond acceptors (Lipinski definition) is 2. The fourth-order valence-electron chi connectivity index (χ4n) is 2.42. The van der Waals surface area contributed by atoms with E-state index < -0.39 is 5.97 Å². The van der Waals surface area contributed by atoms with Gasteiger partial charge in [-0.2, -0.15) is 0 Å². The molecule has 0 heterocycles. The summed E-state index contributed by atoms with van der Waals surface area (Å²) in [6.07, 6.45) is 7.75. The van der Waals surface area contributed by atoms with Crippen LogP contribution in [-0.4, -0.2) is 16.9 Å². The lowest BCUT2D eigenvalue weighted by atomic mass is 9.92. The van der Waals surface area contributed by atoms with Crippen LogP contribution in [-0.2, 0) is 9.59 Å². The van der Waals surface area contributed by atoms with Crippen LogP contribution in [0.5, 0.6) is 0 Å². The normalized spacial score (nSPS) is 13.0. The second kappa shape index (κ2) is 11.0. The highest BCUT2D eigenvalue weighted by Crippen LogP contribution is 2.19. The molecule has 0 fully saturated rings. The smallest absolute Gasteiger partial charge is 0.339 e. The van der Waals surface area contributed by atoms with Crippen molar-refractivity contribution in [1.29, 1.82) is 0 Å². The minimum Gasteiger partial charge on any atom is -0.478 e. The molecule has 3 heteroatoms. The number of Topliss-reactive ketones (excluding diaryl/α,β-unsaturated/α-hetero) is 1. The Hall–Kier alpha value is -1.64. The summed E-state index contributed by atoms with van der Waals surface area (Å²) in [6.45, 7) is 11.9. The quantitative estimate of drug-likeness (QED) is 0.251. The van der Waals surface area contributed by atoms with Crippen LogP contribution in [0, 0.1) is 5.92 Å². The van der Waals surface area contributed by atoms with Crippen LogP contribution in [0.4, 0.5) is 0 Å². The van der Waals surface area contributed by atoms with Crippen molar-refractivity contribution in [2.75, 3.05) is 0 Å². The largest absolute Gasteiger partial charge is 0.478 e. The maximum Gasteiger partial charge on any atom is 0.339 e. The van der Waals surface area contributed by atoms with Crippen molar-refractivity contribution in [2.24, 2.45) is 5.92 Å². The number of carbonyl (C=O) groups excluding carboxylic acids is 1. The van der Waals surface area contributed by atoms with Gasteiger partial charge >= 0.3 is 5.97 Å². The molecule has 0 saturated carbocycles. The molecule has 23 heavy (non-hydrogen) atoms. The molecule has 0 rings (SSSR count). The van der Waals surface area contributed by atoms with Crippen LogP contribution >= 0.6 is 0 Å². The zero-order chi connectivity index (χ0) is 18.0. The summed E-state index contributed by atoms with van der Waals surface area (Å²) in [6, 6.07) is 0. The van der Waals surface area contributed by atoms with Crippen molar-refractivity contribution in [1.82, 2.24) is 0 Å². The summed E-state index contributed by atoms with van der Waals surface area (Å²) >= 11 is 0. The van der Waals surface area contributed by atoms with Gasteiger partial charge in [-0.25, -0.2) is 4.79 Å². The number of carbonyl (C=O) groups is 2. The monoisotopic (exact) mass is 320 g/mol. The second-order valence-electron chi connectivity index (χ2n) is 6.87. The van der Waals surface area contributed by atoms with Gasteiger partial charge in [-0.3, -0.25) is 4.79 Å². The molecule has 0 radical (unpaired) electrons. The molecule has 0 aliphatic rings. The van der Waals surface area contributed by atoms with Gasteiger partial charge in [0.15, 0.2) is 5.78 Å². The van der Waals surface area contributed by atoms with Gasteiger partial charge in [0, 0.05) is 6.42 Å². The zero-order valence-electron chi connectivity index (χ0n) is 15.5. The molecule has 0 spiro atoms. The molecular weight excluding hydrogens is 288 g/mol. The summed E-state index contributed by atoms with van der Waals surface area (Å²) in [5.41, 5.74) is 3.14. The van der Waals surface area contributed by atoms with Crippen molar-refractivity contribution < 1.29 is 14.7 Å². The first-order valence-electron chi connectivity index (χ1n) is 8.38. The number of rotatable bonds is 10. The lowest BCUT2D eigenvalue weighted by Gasteiger charge is -2.12. The molecule has 1 atom stereocenters. The van der Waals surface area contributed by atoms with E-state index in [1.165, 1.54) is 11.1 Å². The predicted molar refractivity (Wildman–Crippen MR) is 96.5 cm³/mol. The van der Waals surface area contributed by atoms with Gasteiger partial charge in [0.1, 0.15) is 5.57 Å². The molecule has 1 N–H and O–H groups in total. The molecule has 0 aromatic rings. The highest BCUT2D eigenvalue weighted by molar-refractivity contribution is 6.17. The minimum atomic E-state index is -1.10. The van der Waals surface area contributed by atoms with Crippen LogP contribution < -0.4 is 0 Å². The topological polar surface area (TPSA) is 54.4 Å². The van der Waals surface area contributed by atoms with E-state index in [0.717, 1.165) is 19.3 Å². The average molecular weight is 320 g/mol. The minimum absolute atomic E-state index is 0.0128. The van der Waals surface area contributed by atoms with E-state index in [1.807, 2.05) is 20.8 Å². The van der Waals surface area contributed by atoms with Crippen LogP contribution in [0.1, 0.15) is 73.6 Å². The Morgan fingerprint density at radius 3 is 1.96 bits per heavy atom. The van der Waals surface area contributed by atoms with E-state index in [0.29, 0.717) is 18.4 Å². The SMILES string of the molecule is CC(C)=CCC/C(C)=C(/C(=O)O)C(=O)CC(C)CCC=C(C)C. The fourth-order valence-corrected chi connectivity index (χ4v) is 2.42. The second-order valence-corrected chi connectivity index (χ2v) is 6.87. The molecule has 130 valence electrons. The van der Waals surface area contributed by atoms with Crippen LogP contribution in [0.3, 0.4) is 0 Å². The summed E-state index contributed by atoms with van der Waals surface area (Å²) in [5.74, 6) is -1.14. The Kier molecular flexibility index (Phi) is 10.2. The molecule has 0 aromatic heterocycles. The number of hydrogen-bond donors (Lipinski definition) is 1. The highest BCUT2D eigenvalue weighted by atomic mass is 16.4. The number of carboxylic acids is 1.